The van der Waals surface area contributed by atoms with E-state index >= 15 is 0 Å². The highest BCUT2D eigenvalue weighted by Gasteiger charge is 2.16. The van der Waals surface area contributed by atoms with E-state index in [0.717, 1.165) is 18.9 Å². The van der Waals surface area contributed by atoms with Gasteiger partial charge in [-0.1, -0.05) is 0 Å². The van der Waals surface area contributed by atoms with E-state index in [9.17, 15) is 9.59 Å². The molecule has 1 amide bonds. The molecule has 148 valence electrons. The topological polar surface area (TPSA) is 80.8 Å². The number of carbonyl (C=O) groups is 2. The number of fused-ring (bicyclic) bond motifs is 1. The number of ether oxygens (including phenoxy) is 2. The monoisotopic (exact) mass is 383 g/mol. The van der Waals surface area contributed by atoms with Crippen LogP contribution in [0.1, 0.15) is 37.0 Å². The first kappa shape index (κ1) is 19.7. The van der Waals surface area contributed by atoms with Gasteiger partial charge in [-0.25, -0.2) is 4.98 Å². The zero-order chi connectivity index (χ0) is 19.9. The largest absolute Gasteiger partial charge is 0.486 e. The first-order valence-electron chi connectivity index (χ1n) is 9.54. The van der Waals surface area contributed by atoms with Gasteiger partial charge in [0.2, 0.25) is 5.91 Å². The second-order valence-electron chi connectivity index (χ2n) is 6.41. The predicted molar refractivity (Wildman–Crippen MR) is 107 cm³/mol. The van der Waals surface area contributed by atoms with E-state index in [0.29, 0.717) is 36.0 Å². The number of pyridine rings is 1. The van der Waals surface area contributed by atoms with Gasteiger partial charge in [-0.3, -0.25) is 9.59 Å². The van der Waals surface area contributed by atoms with Crippen LogP contribution in [-0.4, -0.2) is 43.0 Å². The highest BCUT2D eigenvalue weighted by molar-refractivity contribution is 6.00. The van der Waals surface area contributed by atoms with Gasteiger partial charge < -0.3 is 19.7 Å². The van der Waals surface area contributed by atoms with Crippen LogP contribution >= 0.6 is 0 Å². The average molecular weight is 383 g/mol. The molecule has 1 aromatic heterocycles. The number of anilines is 2. The Morgan fingerprint density at radius 3 is 2.46 bits per heavy atom. The lowest BCUT2D eigenvalue weighted by Crippen LogP contribution is -2.23. The van der Waals surface area contributed by atoms with Crippen LogP contribution in [0.4, 0.5) is 11.5 Å². The van der Waals surface area contributed by atoms with Gasteiger partial charge in [-0.15, -0.1) is 0 Å². The lowest BCUT2D eigenvalue weighted by Gasteiger charge is -2.19. The van der Waals surface area contributed by atoms with Crippen molar-refractivity contribution in [2.75, 3.05) is 36.5 Å². The molecule has 0 unspecified atom stereocenters. The molecule has 0 spiro atoms. The van der Waals surface area contributed by atoms with Gasteiger partial charge in [0.15, 0.2) is 17.3 Å². The van der Waals surface area contributed by atoms with E-state index in [2.05, 4.69) is 29.0 Å². The highest BCUT2D eigenvalue weighted by atomic mass is 16.6. The highest BCUT2D eigenvalue weighted by Crippen LogP contribution is 2.31. The minimum atomic E-state index is -0.219. The summed E-state index contributed by atoms with van der Waals surface area (Å²) in [6.07, 6.45) is 1.86. The van der Waals surface area contributed by atoms with E-state index in [1.54, 1.807) is 24.4 Å². The Hall–Kier alpha value is -3.09. The molecule has 1 N–H and O–H groups in total. The van der Waals surface area contributed by atoms with Crippen LogP contribution in [-0.2, 0) is 4.79 Å². The first-order valence-corrected chi connectivity index (χ1v) is 9.54. The third-order valence-electron chi connectivity index (χ3n) is 4.56. The van der Waals surface area contributed by atoms with E-state index in [1.165, 1.54) is 0 Å². The van der Waals surface area contributed by atoms with Gasteiger partial charge in [0.25, 0.3) is 0 Å². The molecular weight excluding hydrogens is 358 g/mol. The van der Waals surface area contributed by atoms with Crippen LogP contribution in [0.25, 0.3) is 0 Å². The second kappa shape index (κ2) is 9.21. The van der Waals surface area contributed by atoms with Crippen LogP contribution in [0.15, 0.2) is 36.5 Å². The smallest absolute Gasteiger partial charge is 0.224 e. The molecule has 1 aliphatic rings. The van der Waals surface area contributed by atoms with Crippen LogP contribution in [0.5, 0.6) is 11.5 Å². The van der Waals surface area contributed by atoms with Gasteiger partial charge in [0.1, 0.15) is 19.0 Å². The maximum Gasteiger partial charge on any atom is 0.224 e. The summed E-state index contributed by atoms with van der Waals surface area (Å²) in [5, 5.41) is 2.78. The third kappa shape index (κ3) is 4.79. The number of nitrogens with zero attached hydrogens (tertiary/aromatic N) is 2. The lowest BCUT2D eigenvalue weighted by atomic mass is 10.1. The molecule has 1 aromatic carbocycles. The summed E-state index contributed by atoms with van der Waals surface area (Å²) >= 11 is 0. The molecular formula is C21H25N3O4. The quantitative estimate of drug-likeness (QED) is 0.705. The zero-order valence-corrected chi connectivity index (χ0v) is 16.2. The van der Waals surface area contributed by atoms with Crippen molar-refractivity contribution in [2.45, 2.75) is 26.7 Å². The minimum absolute atomic E-state index is 0.102. The maximum atomic E-state index is 12.4. The van der Waals surface area contributed by atoms with Gasteiger partial charge in [-0.2, -0.15) is 0 Å². The van der Waals surface area contributed by atoms with Crippen molar-refractivity contribution in [3.8, 4) is 11.5 Å². The van der Waals surface area contributed by atoms with Gasteiger partial charge in [-0.05, 0) is 44.2 Å². The number of amides is 1. The molecule has 0 bridgehead atoms. The van der Waals surface area contributed by atoms with Crippen molar-refractivity contribution < 1.29 is 19.1 Å². The second-order valence-corrected chi connectivity index (χ2v) is 6.41. The molecule has 7 nitrogen and oxygen atoms in total. The van der Waals surface area contributed by atoms with Gasteiger partial charge in [0.05, 0.1) is 11.9 Å². The summed E-state index contributed by atoms with van der Waals surface area (Å²) in [5.41, 5.74) is 1.13. The van der Waals surface area contributed by atoms with Crippen LogP contribution in [0.3, 0.4) is 0 Å². The number of aromatic nitrogens is 1. The van der Waals surface area contributed by atoms with E-state index < -0.39 is 0 Å². The van der Waals surface area contributed by atoms with Crippen molar-refractivity contribution in [2.24, 2.45) is 0 Å². The minimum Gasteiger partial charge on any atom is -0.486 e. The fourth-order valence-electron chi connectivity index (χ4n) is 3.01. The van der Waals surface area contributed by atoms with E-state index in [4.69, 9.17) is 9.47 Å². The third-order valence-corrected chi connectivity index (χ3v) is 4.56. The van der Waals surface area contributed by atoms with Crippen molar-refractivity contribution >= 4 is 23.2 Å². The fraction of sp³-hybridized carbons (Fsp3) is 0.381. The van der Waals surface area contributed by atoms with Crippen molar-refractivity contribution in [1.29, 1.82) is 0 Å². The van der Waals surface area contributed by atoms with Gasteiger partial charge >= 0.3 is 0 Å². The number of nitrogens with one attached hydrogen (secondary N) is 1. The van der Waals surface area contributed by atoms with Crippen LogP contribution in [0.2, 0.25) is 0 Å². The van der Waals surface area contributed by atoms with E-state index in [-0.39, 0.29) is 24.5 Å². The van der Waals surface area contributed by atoms with Gasteiger partial charge in [0, 0.05) is 31.5 Å². The van der Waals surface area contributed by atoms with Crippen LogP contribution in [0, 0.1) is 0 Å². The first-order chi connectivity index (χ1) is 13.6. The molecule has 0 aliphatic carbocycles. The maximum absolute atomic E-state index is 12.4. The van der Waals surface area contributed by atoms with E-state index in [1.807, 2.05) is 12.1 Å². The summed E-state index contributed by atoms with van der Waals surface area (Å²) in [6, 6.07) is 8.79. The molecule has 0 atom stereocenters. The Labute approximate surface area is 164 Å². The van der Waals surface area contributed by atoms with Crippen molar-refractivity contribution in [3.05, 3.63) is 42.1 Å². The summed E-state index contributed by atoms with van der Waals surface area (Å²) < 4.78 is 10.9. The summed E-state index contributed by atoms with van der Waals surface area (Å²) in [4.78, 5) is 31.0. The number of carbonyl (C=O) groups excluding carboxylic acids is 2. The average Bonchev–Trinajstić information content (AvgIpc) is 2.73. The Morgan fingerprint density at radius 1 is 1.04 bits per heavy atom. The molecule has 2 aromatic rings. The van der Waals surface area contributed by atoms with Crippen molar-refractivity contribution in [1.82, 2.24) is 4.98 Å². The Morgan fingerprint density at radius 2 is 1.79 bits per heavy atom. The lowest BCUT2D eigenvalue weighted by molar-refractivity contribution is -0.116. The van der Waals surface area contributed by atoms with Crippen molar-refractivity contribution in [3.63, 3.8) is 0 Å². The Kier molecular flexibility index (Phi) is 6.47. The number of hydrogen-bond acceptors (Lipinski definition) is 6. The summed E-state index contributed by atoms with van der Waals surface area (Å²) in [5.74, 6) is 1.75. The summed E-state index contributed by atoms with van der Waals surface area (Å²) in [6.45, 7) is 6.85. The molecule has 0 saturated heterocycles. The molecule has 3 rings (SSSR count). The predicted octanol–water partition coefficient (Wildman–Crippen LogP) is 3.30. The number of benzene rings is 1. The van der Waals surface area contributed by atoms with Crippen LogP contribution < -0.4 is 19.7 Å². The number of ketones is 1. The molecule has 7 heteroatoms. The molecule has 0 fully saturated rings. The number of rotatable bonds is 8. The molecule has 2 heterocycles. The molecule has 1 aliphatic heterocycles. The molecule has 0 saturated carbocycles. The Balaban J connectivity index is 1.52. The fourth-order valence-corrected chi connectivity index (χ4v) is 3.01. The normalized spacial score (nSPS) is 12.4. The number of hydrogen-bond donors (Lipinski definition) is 1. The zero-order valence-electron chi connectivity index (χ0n) is 16.2. The number of Topliss-reactive ketones (excluding diaryl/α,β-unsaturated/α-hetero) is 1. The molecule has 28 heavy (non-hydrogen) atoms. The Bertz CT molecular complexity index is 832. The standard InChI is InChI=1S/C21H25N3O4/c1-3-24(4-2)20-9-6-16(14-22-20)23-21(26)10-7-17(25)15-5-8-18-19(13-15)28-12-11-27-18/h5-6,8-9,13-14H,3-4,7,10-12H2,1-2H3,(H,23,26). The SMILES string of the molecule is CCN(CC)c1ccc(NC(=O)CCC(=O)c2ccc3c(c2)OCCO3)cn1. The molecule has 0 radical (unpaired) electrons. The summed E-state index contributed by atoms with van der Waals surface area (Å²) in [7, 11) is 0.